The van der Waals surface area contributed by atoms with Gasteiger partial charge >= 0.3 is 0 Å². The van der Waals surface area contributed by atoms with Crippen molar-refractivity contribution in [2.24, 2.45) is 0 Å². The van der Waals surface area contributed by atoms with E-state index in [-0.39, 0.29) is 5.91 Å². The maximum atomic E-state index is 11.1. The average molecular weight is 211 g/mol. The van der Waals surface area contributed by atoms with Crippen LogP contribution in [0.3, 0.4) is 0 Å². The first-order valence-corrected chi connectivity index (χ1v) is 6.25. The first kappa shape index (κ1) is 14.2. The third-order valence-electron chi connectivity index (χ3n) is 2.29. The van der Waals surface area contributed by atoms with Gasteiger partial charge in [-0.15, -0.1) is 0 Å². The van der Waals surface area contributed by atoms with Gasteiger partial charge in [-0.2, -0.15) is 0 Å². The Hall–Kier alpha value is -0.790. The molecule has 1 N–H and O–H groups in total. The molecule has 0 aromatic rings. The van der Waals surface area contributed by atoms with Crippen molar-refractivity contribution in [2.45, 2.75) is 58.8 Å². The standard InChI is InChI=1S/C13H25NO/c1-3-5-6-7-8-9-10-11-13(15)14-12-4-2/h10-11H,3-9,12H2,1-2H3,(H,14,15). The van der Waals surface area contributed by atoms with Gasteiger partial charge in [-0.25, -0.2) is 0 Å². The zero-order valence-corrected chi connectivity index (χ0v) is 10.2. The third-order valence-corrected chi connectivity index (χ3v) is 2.29. The lowest BCUT2D eigenvalue weighted by Crippen LogP contribution is -2.21. The molecule has 0 fully saturated rings. The molecule has 0 unspecified atom stereocenters. The summed E-state index contributed by atoms with van der Waals surface area (Å²) in [5, 5.41) is 2.82. The summed E-state index contributed by atoms with van der Waals surface area (Å²) in [6, 6.07) is 0. The van der Waals surface area contributed by atoms with Gasteiger partial charge < -0.3 is 5.32 Å². The van der Waals surface area contributed by atoms with E-state index in [1.807, 2.05) is 6.08 Å². The van der Waals surface area contributed by atoms with E-state index in [1.54, 1.807) is 6.08 Å². The van der Waals surface area contributed by atoms with E-state index in [0.29, 0.717) is 0 Å². The minimum atomic E-state index is 0.0467. The Morgan fingerprint density at radius 3 is 2.47 bits per heavy atom. The van der Waals surface area contributed by atoms with Crippen LogP contribution in [0.15, 0.2) is 12.2 Å². The van der Waals surface area contributed by atoms with Crippen LogP contribution in [0, 0.1) is 0 Å². The molecule has 0 saturated carbocycles. The van der Waals surface area contributed by atoms with E-state index in [9.17, 15) is 4.79 Å². The Labute approximate surface area is 94.1 Å². The minimum absolute atomic E-state index is 0.0467. The molecular formula is C13H25NO. The van der Waals surface area contributed by atoms with Gasteiger partial charge in [0.25, 0.3) is 0 Å². The number of rotatable bonds is 9. The molecule has 0 rings (SSSR count). The molecule has 0 aromatic carbocycles. The van der Waals surface area contributed by atoms with E-state index in [1.165, 1.54) is 32.1 Å². The lowest BCUT2D eigenvalue weighted by molar-refractivity contribution is -0.116. The fourth-order valence-corrected chi connectivity index (χ4v) is 1.36. The number of allylic oxidation sites excluding steroid dienone is 1. The summed E-state index contributed by atoms with van der Waals surface area (Å²) in [6.45, 7) is 5.05. The van der Waals surface area contributed by atoms with Crippen LogP contribution in [0.4, 0.5) is 0 Å². The number of unbranched alkanes of at least 4 members (excludes halogenated alkanes) is 5. The molecule has 0 aliphatic carbocycles. The van der Waals surface area contributed by atoms with E-state index in [4.69, 9.17) is 0 Å². The summed E-state index contributed by atoms with van der Waals surface area (Å²) >= 11 is 0. The fraction of sp³-hybridized carbons (Fsp3) is 0.769. The molecule has 0 spiro atoms. The number of nitrogens with one attached hydrogen (secondary N) is 1. The highest BCUT2D eigenvalue weighted by Gasteiger charge is 1.91. The van der Waals surface area contributed by atoms with Crippen LogP contribution in [-0.4, -0.2) is 12.5 Å². The van der Waals surface area contributed by atoms with Crippen LogP contribution < -0.4 is 5.32 Å². The number of carbonyl (C=O) groups excluding carboxylic acids is 1. The maximum Gasteiger partial charge on any atom is 0.243 e. The zero-order chi connectivity index (χ0) is 11.4. The topological polar surface area (TPSA) is 29.1 Å². The lowest BCUT2D eigenvalue weighted by atomic mass is 10.1. The molecule has 0 saturated heterocycles. The van der Waals surface area contributed by atoms with Crippen molar-refractivity contribution in [3.8, 4) is 0 Å². The molecule has 0 bridgehead atoms. The van der Waals surface area contributed by atoms with Gasteiger partial charge in [0, 0.05) is 6.54 Å². The molecule has 0 aliphatic heterocycles. The minimum Gasteiger partial charge on any atom is -0.353 e. The Bertz CT molecular complexity index is 175. The highest BCUT2D eigenvalue weighted by atomic mass is 16.1. The molecule has 2 heteroatoms. The summed E-state index contributed by atoms with van der Waals surface area (Å²) in [5.74, 6) is 0.0467. The van der Waals surface area contributed by atoms with Gasteiger partial charge in [0.05, 0.1) is 0 Å². The second-order valence-corrected chi connectivity index (χ2v) is 3.90. The number of hydrogen-bond donors (Lipinski definition) is 1. The maximum absolute atomic E-state index is 11.1. The monoisotopic (exact) mass is 211 g/mol. The first-order chi connectivity index (χ1) is 7.31. The van der Waals surface area contributed by atoms with Gasteiger partial charge in [0.2, 0.25) is 5.91 Å². The highest BCUT2D eigenvalue weighted by Crippen LogP contribution is 2.05. The number of amides is 1. The number of carbonyl (C=O) groups is 1. The molecule has 0 heterocycles. The first-order valence-electron chi connectivity index (χ1n) is 6.25. The summed E-state index contributed by atoms with van der Waals surface area (Å²) in [5.41, 5.74) is 0. The molecule has 15 heavy (non-hydrogen) atoms. The van der Waals surface area contributed by atoms with Crippen LogP contribution in [0.25, 0.3) is 0 Å². The Morgan fingerprint density at radius 1 is 1.07 bits per heavy atom. The number of hydrogen-bond acceptors (Lipinski definition) is 1. The van der Waals surface area contributed by atoms with Gasteiger partial charge in [0.1, 0.15) is 0 Å². The van der Waals surface area contributed by atoms with E-state index in [0.717, 1.165) is 19.4 Å². The Balaban J connectivity index is 3.26. The van der Waals surface area contributed by atoms with Crippen molar-refractivity contribution < 1.29 is 4.79 Å². The predicted molar refractivity (Wildman–Crippen MR) is 65.8 cm³/mol. The van der Waals surface area contributed by atoms with E-state index < -0.39 is 0 Å². The van der Waals surface area contributed by atoms with Crippen molar-refractivity contribution in [2.75, 3.05) is 6.54 Å². The SMILES string of the molecule is CCCCCCCC=CC(=O)NCCC. The predicted octanol–water partition coefficient (Wildman–Crippen LogP) is 3.43. The molecule has 0 radical (unpaired) electrons. The van der Waals surface area contributed by atoms with Crippen LogP contribution in [-0.2, 0) is 4.79 Å². The van der Waals surface area contributed by atoms with Crippen LogP contribution in [0.5, 0.6) is 0 Å². The van der Waals surface area contributed by atoms with Gasteiger partial charge in [0.15, 0.2) is 0 Å². The van der Waals surface area contributed by atoms with Crippen LogP contribution >= 0.6 is 0 Å². The lowest BCUT2D eigenvalue weighted by Gasteiger charge is -1.98. The fourth-order valence-electron chi connectivity index (χ4n) is 1.36. The summed E-state index contributed by atoms with van der Waals surface area (Å²) in [7, 11) is 0. The quantitative estimate of drug-likeness (QED) is 0.459. The molecular weight excluding hydrogens is 186 g/mol. The second kappa shape index (κ2) is 11.3. The summed E-state index contributed by atoms with van der Waals surface area (Å²) in [6.07, 6.45) is 12.1. The Kier molecular flexibility index (Phi) is 10.7. The summed E-state index contributed by atoms with van der Waals surface area (Å²) in [4.78, 5) is 11.1. The van der Waals surface area contributed by atoms with Gasteiger partial charge in [-0.3, -0.25) is 4.79 Å². The molecule has 2 nitrogen and oxygen atoms in total. The van der Waals surface area contributed by atoms with Crippen molar-refractivity contribution in [3.05, 3.63) is 12.2 Å². The van der Waals surface area contributed by atoms with E-state index >= 15 is 0 Å². The van der Waals surface area contributed by atoms with E-state index in [2.05, 4.69) is 19.2 Å². The van der Waals surface area contributed by atoms with Crippen molar-refractivity contribution in [1.82, 2.24) is 5.32 Å². The van der Waals surface area contributed by atoms with Crippen molar-refractivity contribution in [3.63, 3.8) is 0 Å². The van der Waals surface area contributed by atoms with Gasteiger partial charge in [-0.1, -0.05) is 45.6 Å². The van der Waals surface area contributed by atoms with Crippen LogP contribution in [0.2, 0.25) is 0 Å². The highest BCUT2D eigenvalue weighted by molar-refractivity contribution is 5.87. The van der Waals surface area contributed by atoms with Crippen molar-refractivity contribution >= 4 is 5.91 Å². The van der Waals surface area contributed by atoms with Crippen molar-refractivity contribution in [1.29, 1.82) is 0 Å². The molecule has 1 amide bonds. The smallest absolute Gasteiger partial charge is 0.243 e. The average Bonchev–Trinajstić information content (AvgIpc) is 2.25. The molecule has 88 valence electrons. The Morgan fingerprint density at radius 2 is 1.80 bits per heavy atom. The summed E-state index contributed by atoms with van der Waals surface area (Å²) < 4.78 is 0. The largest absolute Gasteiger partial charge is 0.353 e. The molecule has 0 atom stereocenters. The van der Waals surface area contributed by atoms with Gasteiger partial charge in [-0.05, 0) is 25.3 Å². The zero-order valence-electron chi connectivity index (χ0n) is 10.2. The molecule has 0 aromatic heterocycles. The normalized spacial score (nSPS) is 10.8. The van der Waals surface area contributed by atoms with Crippen LogP contribution in [0.1, 0.15) is 58.8 Å². The molecule has 0 aliphatic rings. The second-order valence-electron chi connectivity index (χ2n) is 3.90. The third kappa shape index (κ3) is 11.1.